The van der Waals surface area contributed by atoms with E-state index in [1.165, 1.54) is 19.3 Å². The van der Waals surface area contributed by atoms with E-state index in [0.29, 0.717) is 0 Å². The summed E-state index contributed by atoms with van der Waals surface area (Å²) in [6.07, 6.45) is 6.52. The molecule has 2 unspecified atom stereocenters. The minimum absolute atomic E-state index is 0.822. The number of rotatable bonds is 0. The Morgan fingerprint density at radius 1 is 1.40 bits per heavy atom. The second-order valence-electron chi connectivity index (χ2n) is 3.65. The molecular weight excluding hydrogens is 120 g/mol. The van der Waals surface area contributed by atoms with Crippen LogP contribution in [0.1, 0.15) is 40.0 Å². The molecule has 0 amide bonds. The van der Waals surface area contributed by atoms with E-state index in [1.54, 1.807) is 5.57 Å². The van der Waals surface area contributed by atoms with Crippen LogP contribution in [-0.2, 0) is 0 Å². The monoisotopic (exact) mass is 138 g/mol. The highest BCUT2D eigenvalue weighted by molar-refractivity contribution is 5.05. The third-order valence-corrected chi connectivity index (χ3v) is 2.90. The van der Waals surface area contributed by atoms with Crippen LogP contribution in [0.15, 0.2) is 11.6 Å². The smallest absolute Gasteiger partial charge is 0.0209 e. The van der Waals surface area contributed by atoms with Gasteiger partial charge in [-0.25, -0.2) is 0 Å². The van der Waals surface area contributed by atoms with Gasteiger partial charge in [0.1, 0.15) is 0 Å². The zero-order chi connectivity index (χ0) is 7.56. The SMILES string of the molecule is CC1=CCCCC(C)C1C. The van der Waals surface area contributed by atoms with Crippen LogP contribution in [0.5, 0.6) is 0 Å². The molecular formula is C10H18. The third kappa shape index (κ3) is 1.62. The van der Waals surface area contributed by atoms with Crippen molar-refractivity contribution in [1.29, 1.82) is 0 Å². The molecule has 0 N–H and O–H groups in total. The van der Waals surface area contributed by atoms with Gasteiger partial charge in [-0.05, 0) is 38.0 Å². The summed E-state index contributed by atoms with van der Waals surface area (Å²) < 4.78 is 0. The molecule has 1 aliphatic rings. The highest BCUT2D eigenvalue weighted by atomic mass is 14.2. The van der Waals surface area contributed by atoms with E-state index in [0.717, 1.165) is 11.8 Å². The summed E-state index contributed by atoms with van der Waals surface area (Å²) >= 11 is 0. The summed E-state index contributed by atoms with van der Waals surface area (Å²) in [7, 11) is 0. The molecule has 10 heavy (non-hydrogen) atoms. The molecule has 0 aliphatic heterocycles. The van der Waals surface area contributed by atoms with Crippen LogP contribution in [0.3, 0.4) is 0 Å². The van der Waals surface area contributed by atoms with Gasteiger partial charge in [-0.2, -0.15) is 0 Å². The predicted octanol–water partition coefficient (Wildman–Crippen LogP) is 3.39. The second kappa shape index (κ2) is 3.23. The standard InChI is InChI=1S/C10H18/c1-8-6-4-5-7-9(2)10(8)3/h6,9-10H,4-5,7H2,1-3H3. The Bertz CT molecular complexity index is 133. The summed E-state index contributed by atoms with van der Waals surface area (Å²) in [6, 6.07) is 0. The quantitative estimate of drug-likeness (QED) is 0.450. The van der Waals surface area contributed by atoms with Crippen molar-refractivity contribution in [3.05, 3.63) is 11.6 Å². The Kier molecular flexibility index (Phi) is 2.53. The van der Waals surface area contributed by atoms with E-state index >= 15 is 0 Å². The lowest BCUT2D eigenvalue weighted by molar-refractivity contribution is 0.414. The predicted molar refractivity (Wildman–Crippen MR) is 45.9 cm³/mol. The van der Waals surface area contributed by atoms with Gasteiger partial charge in [-0.1, -0.05) is 25.5 Å². The average molecular weight is 138 g/mol. The zero-order valence-electron chi connectivity index (χ0n) is 7.35. The lowest BCUT2D eigenvalue weighted by Gasteiger charge is -2.17. The summed E-state index contributed by atoms with van der Waals surface area (Å²) in [4.78, 5) is 0. The molecule has 0 heterocycles. The second-order valence-corrected chi connectivity index (χ2v) is 3.65. The first-order valence-corrected chi connectivity index (χ1v) is 4.38. The molecule has 0 spiro atoms. The maximum absolute atomic E-state index is 2.41. The molecule has 0 bridgehead atoms. The molecule has 0 nitrogen and oxygen atoms in total. The first kappa shape index (κ1) is 7.84. The van der Waals surface area contributed by atoms with Crippen LogP contribution < -0.4 is 0 Å². The van der Waals surface area contributed by atoms with Gasteiger partial charge >= 0.3 is 0 Å². The molecule has 0 heteroatoms. The van der Waals surface area contributed by atoms with Gasteiger partial charge in [0.2, 0.25) is 0 Å². The minimum Gasteiger partial charge on any atom is -0.0853 e. The highest BCUT2D eigenvalue weighted by Crippen LogP contribution is 2.28. The maximum atomic E-state index is 2.41. The number of hydrogen-bond acceptors (Lipinski definition) is 0. The van der Waals surface area contributed by atoms with Gasteiger partial charge in [-0.3, -0.25) is 0 Å². The van der Waals surface area contributed by atoms with Gasteiger partial charge in [0.05, 0.1) is 0 Å². The molecule has 2 atom stereocenters. The van der Waals surface area contributed by atoms with Crippen molar-refractivity contribution < 1.29 is 0 Å². The van der Waals surface area contributed by atoms with Crippen LogP contribution in [0, 0.1) is 11.8 Å². The molecule has 1 rings (SSSR count). The summed E-state index contributed by atoms with van der Waals surface area (Å²) in [5, 5.41) is 0. The van der Waals surface area contributed by atoms with E-state index in [4.69, 9.17) is 0 Å². The molecule has 0 saturated carbocycles. The summed E-state index contributed by atoms with van der Waals surface area (Å²) in [5.41, 5.74) is 1.60. The molecule has 1 aliphatic carbocycles. The molecule has 0 saturated heterocycles. The van der Waals surface area contributed by atoms with Crippen LogP contribution in [0.2, 0.25) is 0 Å². The van der Waals surface area contributed by atoms with E-state index in [9.17, 15) is 0 Å². The Morgan fingerprint density at radius 2 is 2.10 bits per heavy atom. The van der Waals surface area contributed by atoms with Crippen molar-refractivity contribution >= 4 is 0 Å². The fourth-order valence-electron chi connectivity index (χ4n) is 1.65. The molecule has 0 radical (unpaired) electrons. The van der Waals surface area contributed by atoms with Crippen molar-refractivity contribution in [3.63, 3.8) is 0 Å². The van der Waals surface area contributed by atoms with Crippen molar-refractivity contribution in [1.82, 2.24) is 0 Å². The molecule has 0 fully saturated rings. The minimum atomic E-state index is 0.822. The highest BCUT2D eigenvalue weighted by Gasteiger charge is 2.15. The Hall–Kier alpha value is -0.260. The van der Waals surface area contributed by atoms with E-state index in [-0.39, 0.29) is 0 Å². The Labute approximate surface area is 64.3 Å². The summed E-state index contributed by atoms with van der Waals surface area (Å²) in [5.74, 6) is 1.72. The molecule has 0 aromatic heterocycles. The molecule has 0 aromatic carbocycles. The average Bonchev–Trinajstić information content (AvgIpc) is 2.04. The zero-order valence-corrected chi connectivity index (χ0v) is 7.35. The van der Waals surface area contributed by atoms with Crippen LogP contribution in [-0.4, -0.2) is 0 Å². The third-order valence-electron chi connectivity index (χ3n) is 2.90. The maximum Gasteiger partial charge on any atom is -0.0209 e. The van der Waals surface area contributed by atoms with Gasteiger partial charge in [0.25, 0.3) is 0 Å². The van der Waals surface area contributed by atoms with Crippen LogP contribution in [0.25, 0.3) is 0 Å². The normalized spacial score (nSPS) is 34.9. The van der Waals surface area contributed by atoms with Crippen molar-refractivity contribution in [2.75, 3.05) is 0 Å². The summed E-state index contributed by atoms with van der Waals surface area (Å²) in [6.45, 7) is 6.99. The first-order valence-electron chi connectivity index (χ1n) is 4.38. The van der Waals surface area contributed by atoms with E-state index in [2.05, 4.69) is 26.8 Å². The Balaban J connectivity index is 2.62. The topological polar surface area (TPSA) is 0 Å². The fourth-order valence-corrected chi connectivity index (χ4v) is 1.65. The van der Waals surface area contributed by atoms with E-state index < -0.39 is 0 Å². The fraction of sp³-hybridized carbons (Fsp3) is 0.800. The van der Waals surface area contributed by atoms with Gasteiger partial charge in [0.15, 0.2) is 0 Å². The number of hydrogen-bond donors (Lipinski definition) is 0. The van der Waals surface area contributed by atoms with Crippen LogP contribution in [0.4, 0.5) is 0 Å². The number of allylic oxidation sites excluding steroid dienone is 2. The Morgan fingerprint density at radius 3 is 2.80 bits per heavy atom. The van der Waals surface area contributed by atoms with Gasteiger partial charge in [-0.15, -0.1) is 0 Å². The van der Waals surface area contributed by atoms with Gasteiger partial charge < -0.3 is 0 Å². The largest absolute Gasteiger partial charge is 0.0853 e. The van der Waals surface area contributed by atoms with Gasteiger partial charge in [0, 0.05) is 0 Å². The van der Waals surface area contributed by atoms with Crippen molar-refractivity contribution in [3.8, 4) is 0 Å². The van der Waals surface area contributed by atoms with Crippen molar-refractivity contribution in [2.45, 2.75) is 40.0 Å². The molecule has 58 valence electrons. The lowest BCUT2D eigenvalue weighted by Crippen LogP contribution is -2.06. The van der Waals surface area contributed by atoms with E-state index in [1.807, 2.05) is 0 Å². The van der Waals surface area contributed by atoms with Crippen LogP contribution >= 0.6 is 0 Å². The van der Waals surface area contributed by atoms with Crippen molar-refractivity contribution in [2.24, 2.45) is 11.8 Å². The molecule has 0 aromatic rings. The first-order chi connectivity index (χ1) is 4.72. The lowest BCUT2D eigenvalue weighted by atomic mass is 9.89.